The molecule has 0 aliphatic rings. The molecule has 2 aromatic heterocycles. The number of aryl methyl sites for hydroxylation is 1. The summed E-state index contributed by atoms with van der Waals surface area (Å²) < 4.78 is 25.8. The van der Waals surface area contributed by atoms with Gasteiger partial charge in [0.25, 0.3) is 0 Å². The highest BCUT2D eigenvalue weighted by atomic mass is 32.2. The molecular formula is C10H14N4O2S2. The first kappa shape index (κ1) is 13.1. The number of H-pyrrole nitrogens is 1. The minimum Gasteiger partial charge on any atom is -0.383 e. The Morgan fingerprint density at radius 2 is 2.28 bits per heavy atom. The van der Waals surface area contributed by atoms with Crippen molar-refractivity contribution < 1.29 is 8.42 Å². The van der Waals surface area contributed by atoms with E-state index in [1.807, 2.05) is 18.4 Å². The van der Waals surface area contributed by atoms with Crippen LogP contribution >= 0.6 is 11.3 Å². The summed E-state index contributed by atoms with van der Waals surface area (Å²) in [5.74, 6) is 0.0600. The Morgan fingerprint density at radius 3 is 2.78 bits per heavy atom. The molecule has 0 saturated heterocycles. The molecule has 6 nitrogen and oxygen atoms in total. The maximum atomic E-state index is 12.2. The molecule has 0 amide bonds. The number of thiophene rings is 1. The lowest BCUT2D eigenvalue weighted by Gasteiger charge is -2.16. The molecule has 0 bridgehead atoms. The fourth-order valence-electron chi connectivity index (χ4n) is 1.51. The largest absolute Gasteiger partial charge is 0.383 e. The second kappa shape index (κ2) is 4.71. The van der Waals surface area contributed by atoms with Gasteiger partial charge in [0, 0.05) is 18.5 Å². The van der Waals surface area contributed by atoms with Crippen LogP contribution in [0.4, 0.5) is 5.82 Å². The van der Waals surface area contributed by atoms with E-state index in [1.165, 1.54) is 28.9 Å². The number of hydrogen-bond acceptors (Lipinski definition) is 5. The molecule has 0 aliphatic heterocycles. The summed E-state index contributed by atoms with van der Waals surface area (Å²) in [5.41, 5.74) is 6.63. The van der Waals surface area contributed by atoms with Crippen molar-refractivity contribution in [1.29, 1.82) is 0 Å². The average Bonchev–Trinajstić information content (AvgIpc) is 2.88. The molecule has 0 aromatic carbocycles. The first-order valence-electron chi connectivity index (χ1n) is 5.21. The summed E-state index contributed by atoms with van der Waals surface area (Å²) in [6.45, 7) is 2.29. The van der Waals surface area contributed by atoms with E-state index in [0.29, 0.717) is 6.54 Å². The number of nitrogens with two attached hydrogens (primary N) is 1. The molecule has 8 heteroatoms. The first-order valence-corrected chi connectivity index (χ1v) is 7.53. The molecule has 98 valence electrons. The fraction of sp³-hybridized carbons (Fsp3) is 0.300. The Bertz CT molecular complexity index is 644. The SMILES string of the molecule is Cc1ccsc1CN(C)S(=O)(=O)c1cn[nH]c1N. The number of hydrogen-bond donors (Lipinski definition) is 2. The van der Waals surface area contributed by atoms with E-state index in [9.17, 15) is 8.42 Å². The summed E-state index contributed by atoms with van der Waals surface area (Å²) in [5, 5.41) is 8.00. The number of sulfonamides is 1. The van der Waals surface area contributed by atoms with Crippen LogP contribution < -0.4 is 5.73 Å². The van der Waals surface area contributed by atoms with Crippen molar-refractivity contribution in [3.05, 3.63) is 28.1 Å². The Kier molecular flexibility index (Phi) is 3.42. The molecule has 0 aliphatic carbocycles. The van der Waals surface area contributed by atoms with Gasteiger partial charge in [-0.05, 0) is 23.9 Å². The molecule has 2 aromatic rings. The van der Waals surface area contributed by atoms with E-state index in [4.69, 9.17) is 5.73 Å². The van der Waals surface area contributed by atoms with Crippen LogP contribution in [-0.4, -0.2) is 30.0 Å². The van der Waals surface area contributed by atoms with E-state index < -0.39 is 10.0 Å². The average molecular weight is 286 g/mol. The number of nitrogen functional groups attached to an aromatic ring is 1. The molecule has 2 heterocycles. The highest BCUT2D eigenvalue weighted by Gasteiger charge is 2.25. The zero-order valence-electron chi connectivity index (χ0n) is 10.0. The smallest absolute Gasteiger partial charge is 0.248 e. The molecule has 18 heavy (non-hydrogen) atoms. The van der Waals surface area contributed by atoms with Crippen LogP contribution in [0.25, 0.3) is 0 Å². The minimum atomic E-state index is -3.60. The Balaban J connectivity index is 2.27. The molecular weight excluding hydrogens is 272 g/mol. The van der Waals surface area contributed by atoms with Crippen LogP contribution in [0.3, 0.4) is 0 Å². The van der Waals surface area contributed by atoms with Crippen molar-refractivity contribution in [2.24, 2.45) is 0 Å². The lowest BCUT2D eigenvalue weighted by molar-refractivity contribution is 0.469. The molecule has 3 N–H and O–H groups in total. The molecule has 0 saturated carbocycles. The van der Waals surface area contributed by atoms with E-state index in [-0.39, 0.29) is 10.7 Å². The van der Waals surface area contributed by atoms with E-state index >= 15 is 0 Å². The summed E-state index contributed by atoms with van der Waals surface area (Å²) in [6.07, 6.45) is 1.22. The van der Waals surface area contributed by atoms with Crippen LogP contribution in [-0.2, 0) is 16.6 Å². The van der Waals surface area contributed by atoms with Gasteiger partial charge in [-0.2, -0.15) is 9.40 Å². The van der Waals surface area contributed by atoms with Crippen LogP contribution in [0.2, 0.25) is 0 Å². The highest BCUT2D eigenvalue weighted by Crippen LogP contribution is 2.23. The van der Waals surface area contributed by atoms with Gasteiger partial charge >= 0.3 is 0 Å². The van der Waals surface area contributed by atoms with E-state index in [0.717, 1.165) is 10.4 Å². The summed E-state index contributed by atoms with van der Waals surface area (Å²) >= 11 is 1.53. The minimum absolute atomic E-state index is 0.0132. The summed E-state index contributed by atoms with van der Waals surface area (Å²) in [7, 11) is -2.07. The zero-order chi connectivity index (χ0) is 13.3. The monoisotopic (exact) mass is 286 g/mol. The van der Waals surface area contributed by atoms with E-state index in [1.54, 1.807) is 0 Å². The Hall–Kier alpha value is -1.38. The number of aromatic nitrogens is 2. The fourth-order valence-corrected chi connectivity index (χ4v) is 3.70. The van der Waals surface area contributed by atoms with Gasteiger partial charge in [-0.25, -0.2) is 8.42 Å². The van der Waals surface area contributed by atoms with E-state index in [2.05, 4.69) is 10.2 Å². The maximum absolute atomic E-state index is 12.2. The highest BCUT2D eigenvalue weighted by molar-refractivity contribution is 7.89. The molecule has 0 radical (unpaired) electrons. The van der Waals surface area contributed by atoms with Crippen molar-refractivity contribution in [2.45, 2.75) is 18.4 Å². The third-order valence-electron chi connectivity index (χ3n) is 2.65. The predicted molar refractivity (Wildman–Crippen MR) is 70.7 cm³/mol. The Morgan fingerprint density at radius 1 is 1.56 bits per heavy atom. The first-order chi connectivity index (χ1) is 8.43. The quantitative estimate of drug-likeness (QED) is 0.883. The summed E-state index contributed by atoms with van der Waals surface area (Å²) in [4.78, 5) is 1.03. The molecule has 0 atom stereocenters. The lowest BCUT2D eigenvalue weighted by Crippen LogP contribution is -2.26. The van der Waals surface area contributed by atoms with Crippen molar-refractivity contribution in [1.82, 2.24) is 14.5 Å². The lowest BCUT2D eigenvalue weighted by atomic mass is 10.3. The zero-order valence-corrected chi connectivity index (χ0v) is 11.7. The topological polar surface area (TPSA) is 92.1 Å². The maximum Gasteiger partial charge on any atom is 0.248 e. The van der Waals surface area contributed by atoms with Crippen molar-refractivity contribution in [3.63, 3.8) is 0 Å². The number of rotatable bonds is 4. The predicted octanol–water partition coefficient (Wildman–Crippen LogP) is 1.18. The summed E-state index contributed by atoms with van der Waals surface area (Å²) in [6, 6.07) is 1.96. The van der Waals surface area contributed by atoms with Gasteiger partial charge in [-0.1, -0.05) is 0 Å². The van der Waals surface area contributed by atoms with Crippen molar-refractivity contribution >= 4 is 27.2 Å². The third kappa shape index (κ3) is 2.26. The molecule has 0 unspecified atom stereocenters. The molecule has 2 rings (SSSR count). The van der Waals surface area contributed by atoms with Crippen LogP contribution in [0.15, 0.2) is 22.5 Å². The van der Waals surface area contributed by atoms with Crippen LogP contribution in [0.1, 0.15) is 10.4 Å². The standard InChI is InChI=1S/C10H14N4O2S2/c1-7-3-4-17-8(7)6-14(2)18(15,16)9-5-12-13-10(9)11/h3-5H,6H2,1-2H3,(H3,11,12,13). The van der Waals surface area contributed by atoms with Gasteiger partial charge in [0.2, 0.25) is 10.0 Å². The number of aromatic amines is 1. The molecule has 0 spiro atoms. The molecule has 0 fully saturated rings. The number of nitrogens with zero attached hydrogens (tertiary/aromatic N) is 2. The van der Waals surface area contributed by atoms with Crippen LogP contribution in [0.5, 0.6) is 0 Å². The van der Waals surface area contributed by atoms with Crippen molar-refractivity contribution in [2.75, 3.05) is 12.8 Å². The normalized spacial score (nSPS) is 12.2. The number of anilines is 1. The van der Waals surface area contributed by atoms with Gasteiger partial charge < -0.3 is 5.73 Å². The van der Waals surface area contributed by atoms with Crippen molar-refractivity contribution in [3.8, 4) is 0 Å². The van der Waals surface area contributed by atoms with Gasteiger partial charge in [0.15, 0.2) is 0 Å². The van der Waals surface area contributed by atoms with Gasteiger partial charge in [0.05, 0.1) is 6.20 Å². The van der Waals surface area contributed by atoms with Gasteiger partial charge in [-0.15, -0.1) is 11.3 Å². The third-order valence-corrected chi connectivity index (χ3v) is 5.49. The van der Waals surface area contributed by atoms with Gasteiger partial charge in [-0.3, -0.25) is 5.10 Å². The van der Waals surface area contributed by atoms with Gasteiger partial charge in [0.1, 0.15) is 10.7 Å². The van der Waals surface area contributed by atoms with Crippen LogP contribution in [0, 0.1) is 6.92 Å². The second-order valence-electron chi connectivity index (χ2n) is 3.94. The second-order valence-corrected chi connectivity index (χ2v) is 6.95. The Labute approximate surface area is 109 Å². The number of nitrogens with one attached hydrogen (secondary N) is 1.